The Bertz CT molecular complexity index is 743. The lowest BCUT2D eigenvalue weighted by atomic mass is 9.89. The van der Waals surface area contributed by atoms with E-state index in [1.165, 1.54) is 11.1 Å². The number of thiazole rings is 1. The molecule has 126 valence electrons. The first-order valence-electron chi connectivity index (χ1n) is 8.63. The summed E-state index contributed by atoms with van der Waals surface area (Å²) in [5.74, 6) is 0.690. The fraction of sp³-hybridized carbons (Fsp3) is 0.474. The average Bonchev–Trinajstić information content (AvgIpc) is 3.18. The molecule has 1 aromatic heterocycles. The topological polar surface area (TPSA) is 36.4 Å². The van der Waals surface area contributed by atoms with Crippen LogP contribution < -0.4 is 4.90 Å². The second-order valence-corrected chi connectivity index (χ2v) is 7.96. The van der Waals surface area contributed by atoms with Gasteiger partial charge in [0.1, 0.15) is 0 Å². The highest BCUT2D eigenvalue weighted by atomic mass is 32.1. The van der Waals surface area contributed by atoms with E-state index in [1.807, 2.05) is 11.6 Å². The lowest BCUT2D eigenvalue weighted by Gasteiger charge is -2.36. The monoisotopic (exact) mass is 341 g/mol. The zero-order valence-electron chi connectivity index (χ0n) is 14.2. The predicted molar refractivity (Wildman–Crippen MR) is 97.7 cm³/mol. The molecule has 1 saturated heterocycles. The molecule has 1 amide bonds. The first kappa shape index (κ1) is 15.8. The Morgan fingerprint density at radius 1 is 1.42 bits per heavy atom. The molecule has 24 heavy (non-hydrogen) atoms. The van der Waals surface area contributed by atoms with E-state index in [2.05, 4.69) is 47.0 Å². The van der Waals surface area contributed by atoms with Gasteiger partial charge in [-0.05, 0) is 38.6 Å². The molecule has 4 rings (SSSR count). The number of aryl methyl sites for hydroxylation is 2. The lowest BCUT2D eigenvalue weighted by Crippen LogP contribution is -2.47. The van der Waals surface area contributed by atoms with Crippen molar-refractivity contribution < 1.29 is 4.79 Å². The number of likely N-dealkylation sites (tertiary alicyclic amines) is 1. The van der Waals surface area contributed by atoms with E-state index in [9.17, 15) is 4.79 Å². The fourth-order valence-electron chi connectivity index (χ4n) is 4.12. The summed E-state index contributed by atoms with van der Waals surface area (Å²) in [4.78, 5) is 21.8. The zero-order valence-corrected chi connectivity index (χ0v) is 15.1. The van der Waals surface area contributed by atoms with Crippen LogP contribution in [0.1, 0.15) is 34.9 Å². The van der Waals surface area contributed by atoms with Gasteiger partial charge >= 0.3 is 0 Å². The van der Waals surface area contributed by atoms with Gasteiger partial charge in [-0.2, -0.15) is 0 Å². The minimum atomic E-state index is 0.243. The number of carbonyl (C=O) groups is 1. The molecule has 2 unspecified atom stereocenters. The van der Waals surface area contributed by atoms with Crippen LogP contribution in [0.4, 0.5) is 5.69 Å². The van der Waals surface area contributed by atoms with Crippen molar-refractivity contribution in [3.63, 3.8) is 0 Å². The molecule has 2 aliphatic rings. The summed E-state index contributed by atoms with van der Waals surface area (Å²) in [5.41, 5.74) is 3.77. The number of hydrogen-bond donors (Lipinski definition) is 0. The second kappa shape index (κ2) is 6.30. The number of fused-ring (bicyclic) bond motifs is 3. The van der Waals surface area contributed by atoms with Crippen LogP contribution in [-0.2, 0) is 11.2 Å². The van der Waals surface area contributed by atoms with E-state index >= 15 is 0 Å². The van der Waals surface area contributed by atoms with Crippen LogP contribution in [0.2, 0.25) is 0 Å². The number of likely N-dealkylation sites (N-methyl/N-ethyl adjacent to an activating group) is 1. The molecule has 1 aromatic carbocycles. The highest BCUT2D eigenvalue weighted by molar-refractivity contribution is 7.09. The van der Waals surface area contributed by atoms with E-state index in [0.29, 0.717) is 18.4 Å². The first-order valence-corrected chi connectivity index (χ1v) is 9.51. The van der Waals surface area contributed by atoms with Crippen molar-refractivity contribution in [2.75, 3.05) is 25.0 Å². The highest BCUT2D eigenvalue weighted by Crippen LogP contribution is 2.45. The number of amides is 1. The third-order valence-electron chi connectivity index (χ3n) is 5.26. The van der Waals surface area contributed by atoms with Crippen LogP contribution in [0.5, 0.6) is 0 Å². The average molecular weight is 341 g/mol. The molecule has 2 atom stereocenters. The van der Waals surface area contributed by atoms with Crippen molar-refractivity contribution in [2.24, 2.45) is 0 Å². The van der Waals surface area contributed by atoms with E-state index in [1.54, 1.807) is 11.3 Å². The van der Waals surface area contributed by atoms with E-state index in [4.69, 9.17) is 0 Å². The van der Waals surface area contributed by atoms with Crippen LogP contribution in [0.15, 0.2) is 29.8 Å². The maximum absolute atomic E-state index is 13.0. The SMILES string of the molecule is Cc1ccc2c(c1)C1CN(C)CCC1N2C(=O)CCc1nccs1. The molecular formula is C19H23N3OS. The van der Waals surface area contributed by atoms with Gasteiger partial charge < -0.3 is 9.80 Å². The first-order chi connectivity index (χ1) is 11.6. The van der Waals surface area contributed by atoms with Gasteiger partial charge in [0.2, 0.25) is 5.91 Å². The number of aromatic nitrogens is 1. The Kier molecular flexibility index (Phi) is 4.14. The molecule has 2 aliphatic heterocycles. The van der Waals surface area contributed by atoms with Gasteiger partial charge in [0, 0.05) is 48.6 Å². The number of benzene rings is 1. The van der Waals surface area contributed by atoms with Crippen molar-refractivity contribution >= 4 is 22.9 Å². The molecule has 5 heteroatoms. The second-order valence-electron chi connectivity index (χ2n) is 6.98. The van der Waals surface area contributed by atoms with Crippen molar-refractivity contribution in [1.82, 2.24) is 9.88 Å². The quantitative estimate of drug-likeness (QED) is 0.860. The van der Waals surface area contributed by atoms with Crippen LogP contribution in [0, 0.1) is 6.92 Å². The molecule has 1 fully saturated rings. The van der Waals surface area contributed by atoms with Gasteiger partial charge in [-0.25, -0.2) is 4.98 Å². The van der Waals surface area contributed by atoms with Crippen molar-refractivity contribution in [2.45, 2.75) is 38.1 Å². The number of nitrogens with zero attached hydrogens (tertiary/aromatic N) is 3. The van der Waals surface area contributed by atoms with Gasteiger partial charge in [-0.1, -0.05) is 17.7 Å². The standard InChI is InChI=1S/C19H23N3OS/c1-13-3-4-16-14(11-13)15-12-21(2)9-7-17(15)22(16)19(23)6-5-18-20-8-10-24-18/h3-4,8,10-11,15,17H,5-7,9,12H2,1-2H3. The van der Waals surface area contributed by atoms with E-state index < -0.39 is 0 Å². The van der Waals surface area contributed by atoms with Gasteiger partial charge in [0.15, 0.2) is 0 Å². The van der Waals surface area contributed by atoms with Gasteiger partial charge in [0.25, 0.3) is 0 Å². The summed E-state index contributed by atoms with van der Waals surface area (Å²) in [5, 5.41) is 3.02. The molecule has 4 nitrogen and oxygen atoms in total. The van der Waals surface area contributed by atoms with E-state index in [-0.39, 0.29) is 5.91 Å². The minimum Gasteiger partial charge on any atom is -0.308 e. The van der Waals surface area contributed by atoms with Gasteiger partial charge in [-0.3, -0.25) is 4.79 Å². The van der Waals surface area contributed by atoms with Gasteiger partial charge in [-0.15, -0.1) is 11.3 Å². The summed E-state index contributed by atoms with van der Waals surface area (Å²) in [7, 11) is 2.18. The van der Waals surface area contributed by atoms with Gasteiger partial charge in [0.05, 0.1) is 5.01 Å². The molecule has 0 bridgehead atoms. The highest BCUT2D eigenvalue weighted by Gasteiger charge is 2.43. The number of anilines is 1. The molecule has 0 aliphatic carbocycles. The minimum absolute atomic E-state index is 0.243. The van der Waals surface area contributed by atoms with E-state index in [0.717, 1.165) is 36.6 Å². The summed E-state index contributed by atoms with van der Waals surface area (Å²) < 4.78 is 0. The summed E-state index contributed by atoms with van der Waals surface area (Å²) in [6, 6.07) is 6.87. The third kappa shape index (κ3) is 2.76. The smallest absolute Gasteiger partial charge is 0.227 e. The predicted octanol–water partition coefficient (Wildman–Crippen LogP) is 3.22. The Morgan fingerprint density at radius 3 is 3.08 bits per heavy atom. The largest absolute Gasteiger partial charge is 0.308 e. The van der Waals surface area contributed by atoms with Crippen LogP contribution in [0.25, 0.3) is 0 Å². The summed E-state index contributed by atoms with van der Waals surface area (Å²) in [6.07, 6.45) is 4.15. The Morgan fingerprint density at radius 2 is 2.29 bits per heavy atom. The van der Waals surface area contributed by atoms with Crippen LogP contribution in [-0.4, -0.2) is 42.0 Å². The van der Waals surface area contributed by atoms with Crippen molar-refractivity contribution in [3.8, 4) is 0 Å². The Hall–Kier alpha value is -1.72. The lowest BCUT2D eigenvalue weighted by molar-refractivity contribution is -0.119. The molecule has 3 heterocycles. The van der Waals surface area contributed by atoms with Crippen molar-refractivity contribution in [1.29, 1.82) is 0 Å². The fourth-order valence-corrected chi connectivity index (χ4v) is 4.74. The summed E-state index contributed by atoms with van der Waals surface area (Å²) in [6.45, 7) is 4.23. The number of carbonyl (C=O) groups excluding carboxylic acids is 1. The van der Waals surface area contributed by atoms with Crippen LogP contribution in [0.3, 0.4) is 0 Å². The Balaban J connectivity index is 1.61. The maximum Gasteiger partial charge on any atom is 0.227 e. The molecule has 2 aromatic rings. The van der Waals surface area contributed by atoms with Crippen LogP contribution >= 0.6 is 11.3 Å². The summed E-state index contributed by atoms with van der Waals surface area (Å²) >= 11 is 1.63. The van der Waals surface area contributed by atoms with Crippen molar-refractivity contribution in [3.05, 3.63) is 45.9 Å². The Labute approximate surface area is 147 Å². The molecular weight excluding hydrogens is 318 g/mol. The number of piperidine rings is 1. The maximum atomic E-state index is 13.0. The zero-order chi connectivity index (χ0) is 16.7. The molecule has 0 N–H and O–H groups in total. The normalized spacial score (nSPS) is 23.2. The number of hydrogen-bond acceptors (Lipinski definition) is 4. The number of rotatable bonds is 3. The molecule has 0 saturated carbocycles. The molecule has 0 spiro atoms. The molecule has 0 radical (unpaired) electrons. The third-order valence-corrected chi connectivity index (χ3v) is 6.10.